The topological polar surface area (TPSA) is 158 Å². The van der Waals surface area contributed by atoms with Crippen molar-refractivity contribution in [3.8, 4) is 0 Å². The van der Waals surface area contributed by atoms with Crippen molar-refractivity contribution in [1.82, 2.24) is 19.5 Å². The van der Waals surface area contributed by atoms with Gasteiger partial charge in [-0.05, 0) is 42.5 Å². The predicted molar refractivity (Wildman–Crippen MR) is 157 cm³/mol. The van der Waals surface area contributed by atoms with Crippen LogP contribution in [0, 0.1) is 0 Å². The predicted octanol–water partition coefficient (Wildman–Crippen LogP) is 4.63. The maximum absolute atomic E-state index is 13.5. The lowest BCUT2D eigenvalue weighted by Crippen LogP contribution is -2.41. The van der Waals surface area contributed by atoms with Crippen molar-refractivity contribution in [2.45, 2.75) is 30.7 Å². The van der Waals surface area contributed by atoms with Crippen LogP contribution in [0.3, 0.4) is 0 Å². The quantitative estimate of drug-likeness (QED) is 0.185. The summed E-state index contributed by atoms with van der Waals surface area (Å²) in [6.45, 7) is -0.474. The summed E-state index contributed by atoms with van der Waals surface area (Å²) < 4.78 is 65.0. The summed E-state index contributed by atoms with van der Waals surface area (Å²) in [5.41, 5.74) is 5.17. The first-order chi connectivity index (χ1) is 22.6. The summed E-state index contributed by atoms with van der Waals surface area (Å²) in [7, 11) is 0. The van der Waals surface area contributed by atoms with Crippen LogP contribution in [0.1, 0.15) is 42.9 Å². The highest BCUT2D eigenvalue weighted by Crippen LogP contribution is 2.37. The third-order valence-corrected chi connectivity index (χ3v) is 7.26. The summed E-state index contributed by atoms with van der Waals surface area (Å²) in [5.74, 6) is -2.68. The minimum atomic E-state index is -4.73. The minimum absolute atomic E-state index is 0.0321. The molecule has 1 aliphatic heterocycles. The van der Waals surface area contributed by atoms with Gasteiger partial charge in [-0.2, -0.15) is 13.2 Å². The first kappa shape index (κ1) is 31.2. The molecule has 47 heavy (non-hydrogen) atoms. The van der Waals surface area contributed by atoms with Gasteiger partial charge in [-0.15, -0.1) is 0 Å². The van der Waals surface area contributed by atoms with Crippen LogP contribution in [-0.2, 0) is 25.1 Å². The average Bonchev–Trinajstić information content (AvgIpc) is 3.66. The molecule has 6 rings (SSSR count). The summed E-state index contributed by atoms with van der Waals surface area (Å²) in [5, 5.41) is 0. The maximum Gasteiger partial charge on any atom is 0.416 e. The van der Waals surface area contributed by atoms with Crippen molar-refractivity contribution in [2.75, 3.05) is 12.3 Å². The van der Waals surface area contributed by atoms with E-state index < -0.39 is 66.4 Å². The van der Waals surface area contributed by atoms with E-state index in [4.69, 9.17) is 24.7 Å². The monoisotopic (exact) mass is 647 g/mol. The molecule has 2 N–H and O–H groups in total. The molecule has 2 aromatic heterocycles. The van der Waals surface area contributed by atoms with Crippen molar-refractivity contribution in [3.63, 3.8) is 0 Å². The number of nitrogens with zero attached hydrogens (tertiary/aromatic N) is 4. The molecular weight excluding hydrogens is 623 g/mol. The molecule has 1 aliphatic rings. The zero-order chi connectivity index (χ0) is 33.1. The number of ether oxygens (including phenoxy) is 4. The number of alkyl halides is 3. The molecule has 0 amide bonds. The normalized spacial score (nSPS) is 19.3. The van der Waals surface area contributed by atoms with Crippen LogP contribution in [0.25, 0.3) is 11.2 Å². The van der Waals surface area contributed by atoms with Gasteiger partial charge in [-0.25, -0.2) is 29.3 Å². The highest BCUT2D eigenvalue weighted by molar-refractivity contribution is 5.91. The van der Waals surface area contributed by atoms with Gasteiger partial charge in [0.1, 0.15) is 24.6 Å². The van der Waals surface area contributed by atoms with Crippen molar-refractivity contribution < 1.29 is 46.5 Å². The Bertz CT molecular complexity index is 1920. The fraction of sp³-hybridized carbons (Fsp3) is 0.188. The molecule has 0 radical (unpaired) electrons. The summed E-state index contributed by atoms with van der Waals surface area (Å²) in [4.78, 5) is 51.9. The summed E-state index contributed by atoms with van der Waals surface area (Å²) in [6, 6.07) is 19.6. The van der Waals surface area contributed by atoms with Crippen LogP contribution in [0.4, 0.5) is 19.0 Å². The number of esters is 3. The molecule has 3 heterocycles. The molecule has 5 aromatic rings. The summed E-state index contributed by atoms with van der Waals surface area (Å²) in [6.07, 6.45) is -7.82. The number of carbonyl (C=O) groups is 3. The second-order valence-electron chi connectivity index (χ2n) is 10.3. The van der Waals surface area contributed by atoms with Gasteiger partial charge in [0.15, 0.2) is 29.9 Å². The number of carbonyl (C=O) groups excluding carboxylic acids is 3. The molecule has 12 nitrogen and oxygen atoms in total. The number of anilines is 1. The second-order valence-corrected chi connectivity index (χ2v) is 10.3. The largest absolute Gasteiger partial charge is 0.459 e. The van der Waals surface area contributed by atoms with Gasteiger partial charge in [-0.3, -0.25) is 4.57 Å². The standard InChI is InChI=1S/C32H24F3N5O7/c33-32(34,35)21-13-7-12-20(14-21)31(43)47-25-24(46-30(42)19-10-5-2-6-11-19)22(15-44-29(41)18-8-3-1-4-9-18)45-28(25)40-17-39-23-26(36)37-16-38-27(23)40/h1-14,16-17,22,24-25,28H,15H2,(H2,36,37,38)/t22-,24-,25-,28-/m1/s1. The molecule has 4 atom stereocenters. The van der Waals surface area contributed by atoms with E-state index in [0.717, 1.165) is 18.2 Å². The molecule has 0 aliphatic carbocycles. The average molecular weight is 648 g/mol. The van der Waals surface area contributed by atoms with Gasteiger partial charge in [0.2, 0.25) is 0 Å². The lowest BCUT2D eigenvalue weighted by Gasteiger charge is -2.25. The zero-order valence-electron chi connectivity index (χ0n) is 24.1. The maximum atomic E-state index is 13.5. The van der Waals surface area contributed by atoms with E-state index in [9.17, 15) is 27.6 Å². The van der Waals surface area contributed by atoms with Crippen LogP contribution >= 0.6 is 0 Å². The van der Waals surface area contributed by atoms with E-state index in [1.54, 1.807) is 36.4 Å². The van der Waals surface area contributed by atoms with Crippen LogP contribution in [0.5, 0.6) is 0 Å². The van der Waals surface area contributed by atoms with Gasteiger partial charge in [0.25, 0.3) is 0 Å². The first-order valence-electron chi connectivity index (χ1n) is 14.0. The Balaban J connectivity index is 1.38. The van der Waals surface area contributed by atoms with Gasteiger partial charge in [-0.1, -0.05) is 42.5 Å². The molecule has 15 heteroatoms. The number of fused-ring (bicyclic) bond motifs is 1. The molecule has 0 bridgehead atoms. The van der Waals surface area contributed by atoms with Crippen LogP contribution < -0.4 is 5.73 Å². The zero-order valence-corrected chi connectivity index (χ0v) is 24.1. The lowest BCUT2D eigenvalue weighted by atomic mass is 10.1. The number of halogens is 3. The smallest absolute Gasteiger partial charge is 0.416 e. The van der Waals surface area contributed by atoms with E-state index in [0.29, 0.717) is 6.07 Å². The number of benzene rings is 3. The Hall–Kier alpha value is -5.83. The Labute approximate surface area is 263 Å². The Morgan fingerprint density at radius 2 is 1.40 bits per heavy atom. The number of hydrogen-bond donors (Lipinski definition) is 1. The highest BCUT2D eigenvalue weighted by atomic mass is 19.4. The number of aromatic nitrogens is 4. The van der Waals surface area contributed by atoms with Gasteiger partial charge < -0.3 is 24.7 Å². The van der Waals surface area contributed by atoms with E-state index in [1.807, 2.05) is 0 Å². The van der Waals surface area contributed by atoms with Crippen molar-refractivity contribution in [2.24, 2.45) is 0 Å². The van der Waals surface area contributed by atoms with Gasteiger partial charge >= 0.3 is 24.1 Å². The minimum Gasteiger partial charge on any atom is -0.459 e. The van der Waals surface area contributed by atoms with E-state index in [-0.39, 0.29) is 28.1 Å². The molecule has 0 unspecified atom stereocenters. The first-order valence-corrected chi connectivity index (χ1v) is 14.0. The number of rotatable bonds is 8. The lowest BCUT2D eigenvalue weighted by molar-refractivity contribution is -0.137. The third-order valence-electron chi connectivity index (χ3n) is 7.26. The molecule has 240 valence electrons. The SMILES string of the molecule is Nc1ncnc2c1ncn2[C@@H]1O[C@H](COC(=O)c2ccccc2)[C@@H](OC(=O)c2ccccc2)[C@H]1OC(=O)c1cccc(C(F)(F)F)c1. The van der Waals surface area contributed by atoms with Crippen LogP contribution in [0.2, 0.25) is 0 Å². The Kier molecular flexibility index (Phi) is 8.54. The fourth-order valence-corrected chi connectivity index (χ4v) is 4.99. The molecule has 3 aromatic carbocycles. The van der Waals surface area contributed by atoms with E-state index in [2.05, 4.69) is 15.0 Å². The molecular formula is C32H24F3N5O7. The number of nitrogen functional groups attached to an aromatic ring is 1. The Morgan fingerprint density at radius 1 is 0.787 bits per heavy atom. The van der Waals surface area contributed by atoms with Crippen molar-refractivity contribution in [1.29, 1.82) is 0 Å². The molecule has 1 fully saturated rings. The van der Waals surface area contributed by atoms with Crippen LogP contribution in [-0.4, -0.2) is 62.3 Å². The number of hydrogen-bond acceptors (Lipinski definition) is 11. The molecule has 0 saturated carbocycles. The number of nitrogens with two attached hydrogens (primary N) is 1. The molecule has 0 spiro atoms. The van der Waals surface area contributed by atoms with Crippen molar-refractivity contribution >= 4 is 34.9 Å². The fourth-order valence-electron chi connectivity index (χ4n) is 4.99. The summed E-state index contributed by atoms with van der Waals surface area (Å²) >= 11 is 0. The van der Waals surface area contributed by atoms with Gasteiger partial charge in [0.05, 0.1) is 28.6 Å². The Morgan fingerprint density at radius 3 is 2.09 bits per heavy atom. The third kappa shape index (κ3) is 6.60. The van der Waals surface area contributed by atoms with Crippen LogP contribution in [0.15, 0.2) is 97.6 Å². The highest BCUT2D eigenvalue weighted by Gasteiger charge is 2.52. The van der Waals surface area contributed by atoms with Gasteiger partial charge in [0, 0.05) is 0 Å². The molecule has 1 saturated heterocycles. The number of imidazole rings is 1. The van der Waals surface area contributed by atoms with E-state index >= 15 is 0 Å². The second kappa shape index (κ2) is 12.9. The van der Waals surface area contributed by atoms with Crippen molar-refractivity contribution in [3.05, 3.63) is 120 Å². The van der Waals surface area contributed by atoms with E-state index in [1.165, 1.54) is 41.5 Å².